The van der Waals surface area contributed by atoms with Crippen LogP contribution < -0.4 is 0 Å². The van der Waals surface area contributed by atoms with Crippen LogP contribution in [-0.2, 0) is 12.7 Å². The van der Waals surface area contributed by atoms with Gasteiger partial charge < -0.3 is 9.42 Å². The van der Waals surface area contributed by atoms with E-state index in [1.54, 1.807) is 24.3 Å². The van der Waals surface area contributed by atoms with E-state index >= 15 is 0 Å². The number of hydrogen-bond donors (Lipinski definition) is 0. The number of amides is 3. The third kappa shape index (κ3) is 3.01. The number of para-hydroxylation sites is 1. The van der Waals surface area contributed by atoms with Crippen molar-refractivity contribution < 1.29 is 32.1 Å². The van der Waals surface area contributed by atoms with Crippen molar-refractivity contribution in [3.05, 3.63) is 82.6 Å². The average Bonchev–Trinajstić information content (AvgIpc) is 3.54. The largest absolute Gasteiger partial charge is 0.450 e. The second-order valence-electron chi connectivity index (χ2n) is 9.08. The predicted molar refractivity (Wildman–Crippen MR) is 121 cm³/mol. The van der Waals surface area contributed by atoms with Crippen LogP contribution in [0.25, 0.3) is 17.3 Å². The van der Waals surface area contributed by atoms with Crippen LogP contribution in [0.1, 0.15) is 60.9 Å². The van der Waals surface area contributed by atoms with Gasteiger partial charge in [0.25, 0.3) is 23.6 Å². The van der Waals surface area contributed by atoms with Gasteiger partial charge in [-0.3, -0.25) is 23.9 Å². The molecule has 2 aromatic carbocycles. The van der Waals surface area contributed by atoms with E-state index in [1.165, 1.54) is 29.2 Å². The number of aromatic nitrogens is 4. The van der Waals surface area contributed by atoms with Crippen molar-refractivity contribution in [2.24, 2.45) is 0 Å². The van der Waals surface area contributed by atoms with Gasteiger partial charge in [-0.15, -0.1) is 0 Å². The zero-order chi connectivity index (χ0) is 26.3. The van der Waals surface area contributed by atoms with Crippen molar-refractivity contribution in [2.75, 3.05) is 6.54 Å². The van der Waals surface area contributed by atoms with Crippen LogP contribution in [0.4, 0.5) is 13.2 Å². The number of imidazole rings is 1. The monoisotopic (exact) mass is 520 g/mol. The van der Waals surface area contributed by atoms with Gasteiger partial charge in [0.1, 0.15) is 0 Å². The lowest BCUT2D eigenvalue weighted by Gasteiger charge is -2.39. The van der Waals surface area contributed by atoms with Crippen LogP contribution in [0.3, 0.4) is 0 Å². The molecule has 0 aliphatic carbocycles. The fourth-order valence-corrected chi connectivity index (χ4v) is 5.19. The molecule has 1 atom stereocenters. The zero-order valence-electron chi connectivity index (χ0n) is 19.3. The number of halogens is 3. The first kappa shape index (κ1) is 22.4. The first-order valence-electron chi connectivity index (χ1n) is 11.6. The highest BCUT2D eigenvalue weighted by Crippen LogP contribution is 2.46. The molecule has 1 unspecified atom stereocenters. The Morgan fingerprint density at radius 1 is 0.895 bits per heavy atom. The maximum Gasteiger partial charge on any atom is 0.450 e. The fourth-order valence-electron chi connectivity index (χ4n) is 5.19. The van der Waals surface area contributed by atoms with Gasteiger partial charge in [0, 0.05) is 6.54 Å². The number of nitrogens with zero attached hydrogens (tertiary/aromatic N) is 6. The van der Waals surface area contributed by atoms with Gasteiger partial charge in [-0.25, -0.2) is 4.98 Å². The summed E-state index contributed by atoms with van der Waals surface area (Å²) in [5, 5.41) is 3.81. The van der Waals surface area contributed by atoms with E-state index in [0.717, 1.165) is 9.47 Å². The summed E-state index contributed by atoms with van der Waals surface area (Å²) in [6, 6.07) is 11.7. The van der Waals surface area contributed by atoms with Gasteiger partial charge in [0.05, 0.1) is 40.7 Å². The second-order valence-corrected chi connectivity index (χ2v) is 9.08. The Kier molecular flexibility index (Phi) is 4.48. The third-order valence-corrected chi connectivity index (χ3v) is 6.99. The van der Waals surface area contributed by atoms with Gasteiger partial charge in [-0.05, 0) is 30.7 Å². The van der Waals surface area contributed by atoms with E-state index in [-0.39, 0.29) is 57.9 Å². The summed E-state index contributed by atoms with van der Waals surface area (Å²) in [5.41, 5.74) is 0.559. The molecule has 190 valence electrons. The molecule has 3 aliphatic heterocycles. The lowest BCUT2D eigenvalue weighted by molar-refractivity contribution is -0.146. The van der Waals surface area contributed by atoms with Crippen molar-refractivity contribution in [1.29, 1.82) is 0 Å². The number of benzene rings is 2. The summed E-state index contributed by atoms with van der Waals surface area (Å²) in [7, 11) is 0. The lowest BCUT2D eigenvalue weighted by atomic mass is 9.97. The van der Waals surface area contributed by atoms with E-state index in [0.29, 0.717) is 13.0 Å². The van der Waals surface area contributed by atoms with Crippen LogP contribution in [-0.4, -0.2) is 53.8 Å². The molecule has 0 N–H and O–H groups in total. The number of alkyl halides is 3. The SMILES string of the molecule is O=C1c2ccccc2C(=O)N1Cc1noc(-c2nc(C(F)(F)F)n3c2C2CCN2C(=O)c2ccccc2-3)n1. The molecular formula is C25H15F3N6O4. The summed E-state index contributed by atoms with van der Waals surface area (Å²) in [4.78, 5) is 49.0. The normalized spacial score (nSPS) is 18.1. The van der Waals surface area contributed by atoms with E-state index in [2.05, 4.69) is 15.1 Å². The van der Waals surface area contributed by atoms with Crippen LogP contribution in [0, 0.1) is 0 Å². The van der Waals surface area contributed by atoms with Crippen LogP contribution in [0.5, 0.6) is 0 Å². The molecule has 0 spiro atoms. The molecule has 7 rings (SSSR count). The highest BCUT2D eigenvalue weighted by atomic mass is 19.4. The molecule has 38 heavy (non-hydrogen) atoms. The van der Waals surface area contributed by atoms with Crippen molar-refractivity contribution >= 4 is 17.7 Å². The van der Waals surface area contributed by atoms with Crippen molar-refractivity contribution in [3.8, 4) is 17.3 Å². The molecule has 1 saturated heterocycles. The molecule has 13 heteroatoms. The smallest absolute Gasteiger partial charge is 0.332 e. The molecule has 4 aromatic rings. The molecule has 1 fully saturated rings. The lowest BCUT2D eigenvalue weighted by Crippen LogP contribution is -2.44. The minimum atomic E-state index is -4.86. The minimum absolute atomic E-state index is 0.0544. The molecule has 0 radical (unpaired) electrons. The Balaban J connectivity index is 1.33. The average molecular weight is 520 g/mol. The van der Waals surface area contributed by atoms with E-state index < -0.39 is 29.9 Å². The van der Waals surface area contributed by atoms with Gasteiger partial charge in [0.15, 0.2) is 11.5 Å². The molecule has 2 aromatic heterocycles. The first-order chi connectivity index (χ1) is 18.2. The number of rotatable bonds is 3. The molecule has 5 heterocycles. The second kappa shape index (κ2) is 7.60. The number of hydrogen-bond acceptors (Lipinski definition) is 7. The number of carbonyl (C=O) groups is 3. The topological polar surface area (TPSA) is 114 Å². The highest BCUT2D eigenvalue weighted by molar-refractivity contribution is 6.21. The Labute approximate surface area is 211 Å². The maximum absolute atomic E-state index is 14.2. The van der Waals surface area contributed by atoms with E-state index in [1.807, 2.05) is 0 Å². The van der Waals surface area contributed by atoms with Gasteiger partial charge in [-0.1, -0.05) is 29.4 Å². The predicted octanol–water partition coefficient (Wildman–Crippen LogP) is 3.64. The van der Waals surface area contributed by atoms with E-state index in [4.69, 9.17) is 4.52 Å². The standard InChI is InChI=1S/C25H15F3N6O4/c26-25(27,28)24-30-18(19-16-9-10-32(16)23(37)14-7-3-4-8-15(14)34(19)24)20-29-17(31-38-20)11-33-21(35)12-5-1-2-6-13(12)22(33)36/h1-8,16H,9-11H2. The van der Waals surface area contributed by atoms with Crippen LogP contribution in [0.2, 0.25) is 0 Å². The summed E-state index contributed by atoms with van der Waals surface area (Å²) < 4.78 is 48.9. The number of fused-ring (bicyclic) bond motifs is 6. The number of carbonyl (C=O) groups excluding carboxylic acids is 3. The van der Waals surface area contributed by atoms with E-state index in [9.17, 15) is 27.6 Å². The Bertz CT molecular complexity index is 1660. The Morgan fingerprint density at radius 2 is 1.55 bits per heavy atom. The summed E-state index contributed by atoms with van der Waals surface area (Å²) in [6.07, 6.45) is -4.43. The van der Waals surface area contributed by atoms with Crippen LogP contribution in [0.15, 0.2) is 53.1 Å². The van der Waals surface area contributed by atoms with Crippen LogP contribution >= 0.6 is 0 Å². The Morgan fingerprint density at radius 3 is 2.18 bits per heavy atom. The van der Waals surface area contributed by atoms with Crippen molar-refractivity contribution in [2.45, 2.75) is 25.2 Å². The zero-order valence-corrected chi connectivity index (χ0v) is 19.3. The summed E-state index contributed by atoms with van der Waals surface area (Å²) >= 11 is 0. The molecule has 0 bridgehead atoms. The molecule has 3 amide bonds. The molecule has 10 nitrogen and oxygen atoms in total. The molecular weight excluding hydrogens is 505 g/mol. The van der Waals surface area contributed by atoms with Gasteiger partial charge in [0.2, 0.25) is 5.82 Å². The molecule has 3 aliphatic rings. The fraction of sp³-hybridized carbons (Fsp3) is 0.200. The quantitative estimate of drug-likeness (QED) is 0.379. The number of imide groups is 1. The first-order valence-corrected chi connectivity index (χ1v) is 11.6. The summed E-state index contributed by atoms with van der Waals surface area (Å²) in [6.45, 7) is 0.0352. The third-order valence-electron chi connectivity index (χ3n) is 6.99. The van der Waals surface area contributed by atoms with Crippen molar-refractivity contribution in [3.63, 3.8) is 0 Å². The van der Waals surface area contributed by atoms with Crippen molar-refractivity contribution in [1.82, 2.24) is 29.5 Å². The molecule has 0 saturated carbocycles. The Hall–Kier alpha value is -4.81. The van der Waals surface area contributed by atoms with Gasteiger partial charge >= 0.3 is 6.18 Å². The summed E-state index contributed by atoms with van der Waals surface area (Å²) in [5.74, 6) is -3.07. The highest BCUT2D eigenvalue weighted by Gasteiger charge is 2.48. The minimum Gasteiger partial charge on any atom is -0.332 e. The van der Waals surface area contributed by atoms with Gasteiger partial charge in [-0.2, -0.15) is 18.2 Å². The maximum atomic E-state index is 14.2.